The third-order valence-corrected chi connectivity index (χ3v) is 15.7. The third kappa shape index (κ3) is 7.87. The van der Waals surface area contributed by atoms with E-state index in [4.69, 9.17) is 4.43 Å². The van der Waals surface area contributed by atoms with Crippen molar-refractivity contribution >= 4 is 14.2 Å². The van der Waals surface area contributed by atoms with E-state index in [9.17, 15) is 13.6 Å². The molecule has 3 heterocycles. The van der Waals surface area contributed by atoms with Crippen LogP contribution in [0.25, 0.3) is 0 Å². The van der Waals surface area contributed by atoms with E-state index in [1.54, 1.807) is 0 Å². The van der Waals surface area contributed by atoms with Crippen LogP contribution in [0.2, 0.25) is 18.1 Å². The van der Waals surface area contributed by atoms with Gasteiger partial charge in [-0.2, -0.15) is 0 Å². The van der Waals surface area contributed by atoms with Crippen LogP contribution in [0.3, 0.4) is 0 Å². The van der Waals surface area contributed by atoms with Crippen molar-refractivity contribution in [3.05, 3.63) is 47.5 Å². The molecule has 0 spiro atoms. The van der Waals surface area contributed by atoms with E-state index >= 15 is 0 Å². The molecule has 250 valence electrons. The maximum Gasteiger partial charge on any atom is 0.248 e. The molecule has 2 saturated heterocycles. The second-order valence-corrected chi connectivity index (χ2v) is 20.5. The smallest absolute Gasteiger partial charge is 0.248 e. The number of halogens is 2. The molecule has 5 rings (SSSR count). The Bertz CT molecular complexity index is 1270. The van der Waals surface area contributed by atoms with Gasteiger partial charge in [0, 0.05) is 49.3 Å². The number of aromatic nitrogens is 3. The quantitative estimate of drug-likeness (QED) is 0.250. The molecule has 2 aliphatic heterocycles. The zero-order chi connectivity index (χ0) is 32.6. The zero-order valence-electron chi connectivity index (χ0n) is 28.5. The maximum atomic E-state index is 13.8. The highest BCUT2D eigenvalue weighted by Gasteiger charge is 2.44. The number of amides is 1. The molecule has 7 nitrogen and oxygen atoms in total. The van der Waals surface area contributed by atoms with Crippen LogP contribution < -0.4 is 5.32 Å². The molecule has 3 atom stereocenters. The fraction of sp³-hybridized carbons (Fsp3) is 0.743. The number of nitrogens with zero attached hydrogens (tertiary/aromatic N) is 4. The first-order valence-electron chi connectivity index (χ1n) is 17.2. The Balaban J connectivity index is 1.26. The summed E-state index contributed by atoms with van der Waals surface area (Å²) in [5.74, 6) is -0.774. The van der Waals surface area contributed by atoms with E-state index in [0.29, 0.717) is 24.7 Å². The van der Waals surface area contributed by atoms with E-state index in [2.05, 4.69) is 84.8 Å². The van der Waals surface area contributed by atoms with Crippen LogP contribution in [-0.4, -0.2) is 58.4 Å². The normalized spacial score (nSPS) is 25.1. The van der Waals surface area contributed by atoms with Gasteiger partial charge in [0.2, 0.25) is 11.8 Å². The SMILES string of the molecule is CC(C)c1nnc(CO[Si](C)(C)C(C)(C)C)n1C1CC2CCC(C1)N2CC[C@H](NC(=O)C1CCC(F)(F)CC1)c1ccccc1. The van der Waals surface area contributed by atoms with Crippen molar-refractivity contribution in [1.82, 2.24) is 25.0 Å². The van der Waals surface area contributed by atoms with Crippen molar-refractivity contribution in [3.8, 4) is 0 Å². The molecule has 2 bridgehead atoms. The van der Waals surface area contributed by atoms with Gasteiger partial charge in [-0.3, -0.25) is 9.69 Å². The Morgan fingerprint density at radius 3 is 2.22 bits per heavy atom. The van der Waals surface area contributed by atoms with Gasteiger partial charge in [-0.15, -0.1) is 10.2 Å². The van der Waals surface area contributed by atoms with Crippen molar-refractivity contribution in [2.24, 2.45) is 5.92 Å². The van der Waals surface area contributed by atoms with E-state index in [1.165, 1.54) is 12.8 Å². The number of benzene rings is 1. The maximum absolute atomic E-state index is 13.8. The Morgan fingerprint density at radius 2 is 1.64 bits per heavy atom. The van der Waals surface area contributed by atoms with Crippen LogP contribution >= 0.6 is 0 Å². The standard InChI is InChI=1S/C35H55F2N5O2Si/c1-24(2)32-40-39-31(23-44-45(6,7)34(3,4)5)42(32)29-21-27-13-14-28(22-29)41(27)20-17-30(25-11-9-8-10-12-25)38-33(43)26-15-18-35(36,37)19-16-26/h8-12,24,26-30H,13-23H2,1-7H3,(H,38,43)/t27?,28?,29?,30-/m0/s1. The first-order chi connectivity index (χ1) is 21.1. The van der Waals surface area contributed by atoms with Gasteiger partial charge in [-0.05, 0) is 68.6 Å². The molecular formula is C35H55F2N5O2Si. The summed E-state index contributed by atoms with van der Waals surface area (Å²) < 4.78 is 36.5. The molecule has 10 heteroatoms. The van der Waals surface area contributed by atoms with Gasteiger partial charge in [0.1, 0.15) is 5.82 Å². The Hall–Kier alpha value is -2.17. The van der Waals surface area contributed by atoms with Crippen molar-refractivity contribution in [3.63, 3.8) is 0 Å². The van der Waals surface area contributed by atoms with Crippen LogP contribution in [0.4, 0.5) is 8.78 Å². The molecule has 1 aromatic carbocycles. The summed E-state index contributed by atoms with van der Waals surface area (Å²) in [7, 11) is -1.94. The molecule has 3 aliphatic rings. The van der Waals surface area contributed by atoms with Crippen LogP contribution in [0.5, 0.6) is 0 Å². The lowest BCUT2D eigenvalue weighted by molar-refractivity contribution is -0.130. The number of carbonyl (C=O) groups excluding carboxylic acids is 1. The molecule has 45 heavy (non-hydrogen) atoms. The number of piperidine rings is 1. The van der Waals surface area contributed by atoms with Crippen molar-refractivity contribution < 1.29 is 18.0 Å². The van der Waals surface area contributed by atoms with Crippen LogP contribution in [0, 0.1) is 5.92 Å². The molecule has 3 fully saturated rings. The summed E-state index contributed by atoms with van der Waals surface area (Å²) in [4.78, 5) is 15.9. The summed E-state index contributed by atoms with van der Waals surface area (Å²) in [6, 6.07) is 11.3. The summed E-state index contributed by atoms with van der Waals surface area (Å²) >= 11 is 0. The van der Waals surface area contributed by atoms with E-state index in [0.717, 1.165) is 43.0 Å². The fourth-order valence-electron chi connectivity index (χ4n) is 7.39. The monoisotopic (exact) mass is 643 g/mol. The number of rotatable bonds is 11. The Morgan fingerprint density at radius 1 is 1.02 bits per heavy atom. The number of fused-ring (bicyclic) bond motifs is 2. The average molecular weight is 644 g/mol. The van der Waals surface area contributed by atoms with Gasteiger partial charge in [0.15, 0.2) is 14.1 Å². The van der Waals surface area contributed by atoms with E-state index in [-0.39, 0.29) is 54.5 Å². The second-order valence-electron chi connectivity index (χ2n) is 15.7. The van der Waals surface area contributed by atoms with E-state index in [1.807, 2.05) is 18.2 Å². The van der Waals surface area contributed by atoms with Crippen molar-refractivity contribution in [2.75, 3.05) is 6.54 Å². The molecule has 1 N–H and O–H groups in total. The Kier molecular flexibility index (Phi) is 10.3. The molecule has 2 aromatic rings. The van der Waals surface area contributed by atoms with Gasteiger partial charge >= 0.3 is 0 Å². The number of alkyl halides is 2. The molecule has 1 aliphatic carbocycles. The molecule has 1 saturated carbocycles. The van der Waals surface area contributed by atoms with Gasteiger partial charge in [0.25, 0.3) is 0 Å². The summed E-state index contributed by atoms with van der Waals surface area (Å²) in [5.41, 5.74) is 1.08. The minimum absolute atomic E-state index is 0.0812. The van der Waals surface area contributed by atoms with Gasteiger partial charge in [-0.1, -0.05) is 65.0 Å². The largest absolute Gasteiger partial charge is 0.409 e. The number of hydrogen-bond acceptors (Lipinski definition) is 5. The van der Waals surface area contributed by atoms with Crippen LogP contribution in [0.15, 0.2) is 30.3 Å². The highest BCUT2D eigenvalue weighted by molar-refractivity contribution is 6.74. The summed E-state index contributed by atoms with van der Waals surface area (Å²) in [6.45, 7) is 17.2. The fourth-order valence-corrected chi connectivity index (χ4v) is 8.31. The minimum Gasteiger partial charge on any atom is -0.409 e. The average Bonchev–Trinajstić information content (AvgIpc) is 3.51. The minimum atomic E-state index is -2.64. The lowest BCUT2D eigenvalue weighted by Gasteiger charge is -2.41. The molecule has 1 aromatic heterocycles. The molecular weight excluding hydrogens is 589 g/mol. The predicted molar refractivity (Wildman–Crippen MR) is 177 cm³/mol. The Labute approximate surface area is 270 Å². The molecule has 1 amide bonds. The number of carbonyl (C=O) groups is 1. The predicted octanol–water partition coefficient (Wildman–Crippen LogP) is 8.16. The molecule has 2 unspecified atom stereocenters. The third-order valence-electron chi connectivity index (χ3n) is 11.2. The zero-order valence-corrected chi connectivity index (χ0v) is 29.5. The highest BCUT2D eigenvalue weighted by atomic mass is 28.4. The second kappa shape index (κ2) is 13.5. The van der Waals surface area contributed by atoms with Crippen LogP contribution in [0.1, 0.15) is 128 Å². The van der Waals surface area contributed by atoms with Gasteiger partial charge in [-0.25, -0.2) is 8.78 Å². The molecule has 0 radical (unpaired) electrons. The van der Waals surface area contributed by atoms with Crippen molar-refractivity contribution in [2.45, 2.75) is 153 Å². The van der Waals surface area contributed by atoms with Gasteiger partial charge < -0.3 is 14.3 Å². The van der Waals surface area contributed by atoms with Crippen LogP contribution in [-0.2, 0) is 15.8 Å². The lowest BCUT2D eigenvalue weighted by atomic mass is 9.86. The first kappa shape index (κ1) is 34.2. The number of nitrogens with one attached hydrogen (secondary N) is 1. The summed E-state index contributed by atoms with van der Waals surface area (Å²) in [6.07, 6.45) is 5.36. The first-order valence-corrected chi connectivity index (χ1v) is 20.1. The van der Waals surface area contributed by atoms with E-state index < -0.39 is 14.2 Å². The lowest BCUT2D eigenvalue weighted by Crippen LogP contribution is -2.46. The van der Waals surface area contributed by atoms with Crippen molar-refractivity contribution in [1.29, 1.82) is 0 Å². The summed E-state index contributed by atoms with van der Waals surface area (Å²) in [5, 5.41) is 12.7. The highest BCUT2D eigenvalue weighted by Crippen LogP contribution is 2.43. The number of hydrogen-bond donors (Lipinski definition) is 1. The topological polar surface area (TPSA) is 72.3 Å². The van der Waals surface area contributed by atoms with Gasteiger partial charge in [0.05, 0.1) is 12.6 Å².